The molecule has 0 fully saturated rings. The molecule has 1 aliphatic heterocycles. The van der Waals surface area contributed by atoms with E-state index in [0.717, 1.165) is 16.8 Å². The zero-order chi connectivity index (χ0) is 33.6. The number of amides is 4. The van der Waals surface area contributed by atoms with E-state index in [4.69, 9.17) is 9.47 Å². The maximum Gasteiger partial charge on any atom is 0.243 e. The maximum absolute atomic E-state index is 13.6. The van der Waals surface area contributed by atoms with E-state index in [0.29, 0.717) is 31.9 Å². The third-order valence-electron chi connectivity index (χ3n) is 7.81. The summed E-state index contributed by atoms with van der Waals surface area (Å²) in [5, 5.41) is 17.1. The summed E-state index contributed by atoms with van der Waals surface area (Å²) in [6.45, 7) is 5.54. The van der Waals surface area contributed by atoms with Crippen molar-refractivity contribution in [2.75, 3.05) is 40.0 Å². The largest absolute Gasteiger partial charge is 0.492 e. The lowest BCUT2D eigenvalue weighted by atomic mass is 10.0. The molecular weight excluding hydrogens is 602 g/mol. The Hall–Kier alpha value is -4.78. The van der Waals surface area contributed by atoms with E-state index in [-0.39, 0.29) is 56.7 Å². The van der Waals surface area contributed by atoms with Gasteiger partial charge in [0.1, 0.15) is 24.4 Å². The molecule has 1 aromatic heterocycles. The predicted octanol–water partition coefficient (Wildman–Crippen LogP) is 1.31. The molecule has 252 valence electrons. The van der Waals surface area contributed by atoms with E-state index >= 15 is 0 Å². The Morgan fingerprint density at radius 1 is 1.02 bits per heavy atom. The molecule has 0 saturated heterocycles. The van der Waals surface area contributed by atoms with Crippen molar-refractivity contribution < 1.29 is 28.7 Å². The van der Waals surface area contributed by atoms with Gasteiger partial charge in [0, 0.05) is 45.8 Å². The average Bonchev–Trinajstić information content (AvgIpc) is 3.51. The minimum Gasteiger partial charge on any atom is -0.492 e. The Morgan fingerprint density at radius 2 is 1.83 bits per heavy atom. The van der Waals surface area contributed by atoms with Gasteiger partial charge in [0.15, 0.2) is 0 Å². The molecule has 4 bridgehead atoms. The quantitative estimate of drug-likeness (QED) is 0.362. The summed E-state index contributed by atoms with van der Waals surface area (Å²) in [6.07, 6.45) is 2.79. The van der Waals surface area contributed by atoms with Crippen LogP contribution in [0.4, 0.5) is 0 Å². The molecule has 3 N–H and O–H groups in total. The number of nitrogens with zero attached hydrogens (tertiary/aromatic N) is 4. The fraction of sp³-hybridized carbons (Fsp3) is 0.471. The van der Waals surface area contributed by atoms with Crippen LogP contribution in [-0.4, -0.2) is 95.6 Å². The Morgan fingerprint density at radius 3 is 2.60 bits per heavy atom. The Bertz CT molecular complexity index is 1480. The molecule has 0 spiro atoms. The highest BCUT2D eigenvalue weighted by Crippen LogP contribution is 2.15. The summed E-state index contributed by atoms with van der Waals surface area (Å²) >= 11 is 0. The van der Waals surface area contributed by atoms with Crippen LogP contribution in [0.5, 0.6) is 5.75 Å². The SMILES string of the molecule is COCCC(=O)N1CCNC(=O)[C@H](Cc2ccccc2)NC(=O)[C@@H](C(C)C)NC(=O)Cc2cccc(c2)OCCn2cc(nn2)CC1. The van der Waals surface area contributed by atoms with E-state index in [1.54, 1.807) is 15.6 Å². The Kier molecular flexibility index (Phi) is 13.3. The molecule has 13 nitrogen and oxygen atoms in total. The van der Waals surface area contributed by atoms with E-state index in [9.17, 15) is 19.2 Å². The highest BCUT2D eigenvalue weighted by atomic mass is 16.5. The molecular formula is C34H45N7O6. The molecule has 0 aliphatic carbocycles. The van der Waals surface area contributed by atoms with Crippen LogP contribution >= 0.6 is 0 Å². The molecule has 47 heavy (non-hydrogen) atoms. The number of rotatable bonds is 6. The van der Waals surface area contributed by atoms with Crippen LogP contribution in [0.2, 0.25) is 0 Å². The number of hydrogen-bond acceptors (Lipinski definition) is 8. The van der Waals surface area contributed by atoms with Gasteiger partial charge in [-0.2, -0.15) is 0 Å². The molecule has 2 heterocycles. The van der Waals surface area contributed by atoms with Gasteiger partial charge in [-0.25, -0.2) is 4.68 Å². The van der Waals surface area contributed by atoms with Gasteiger partial charge in [0.05, 0.1) is 31.7 Å². The lowest BCUT2D eigenvalue weighted by molar-refractivity contribution is -0.133. The average molecular weight is 648 g/mol. The number of hydrogen-bond donors (Lipinski definition) is 3. The number of benzene rings is 2. The molecule has 4 rings (SSSR count). The van der Waals surface area contributed by atoms with E-state index in [1.807, 2.05) is 68.6 Å². The number of nitrogens with one attached hydrogen (secondary N) is 3. The molecule has 0 saturated carbocycles. The second-order valence-corrected chi connectivity index (χ2v) is 11.9. The van der Waals surface area contributed by atoms with Gasteiger partial charge < -0.3 is 30.3 Å². The lowest BCUT2D eigenvalue weighted by Crippen LogP contribution is -2.56. The number of ether oxygens (including phenoxy) is 2. The first kappa shape index (κ1) is 35.1. The second kappa shape index (κ2) is 17.8. The van der Waals surface area contributed by atoms with Crippen LogP contribution in [0, 0.1) is 5.92 Å². The summed E-state index contributed by atoms with van der Waals surface area (Å²) < 4.78 is 12.7. The van der Waals surface area contributed by atoms with Crippen molar-refractivity contribution in [1.82, 2.24) is 35.8 Å². The molecule has 0 unspecified atom stereocenters. The van der Waals surface area contributed by atoms with Gasteiger partial charge in [-0.3, -0.25) is 19.2 Å². The van der Waals surface area contributed by atoms with E-state index < -0.39 is 23.9 Å². The van der Waals surface area contributed by atoms with Crippen molar-refractivity contribution >= 4 is 23.6 Å². The monoisotopic (exact) mass is 647 g/mol. The number of aromatic nitrogens is 3. The van der Waals surface area contributed by atoms with Gasteiger partial charge in [-0.05, 0) is 29.2 Å². The Labute approximate surface area is 275 Å². The van der Waals surface area contributed by atoms with E-state index in [2.05, 4.69) is 26.3 Å². The minimum atomic E-state index is -0.911. The third-order valence-corrected chi connectivity index (χ3v) is 7.81. The van der Waals surface area contributed by atoms with Gasteiger partial charge in [-0.1, -0.05) is 61.5 Å². The summed E-state index contributed by atoms with van der Waals surface area (Å²) in [7, 11) is 1.54. The topological polar surface area (TPSA) is 157 Å². The Balaban J connectivity index is 1.57. The molecule has 3 aromatic rings. The van der Waals surface area contributed by atoms with Crippen molar-refractivity contribution in [3.8, 4) is 5.75 Å². The maximum atomic E-state index is 13.6. The van der Waals surface area contributed by atoms with Crippen molar-refractivity contribution in [2.24, 2.45) is 5.92 Å². The fourth-order valence-corrected chi connectivity index (χ4v) is 5.23. The lowest BCUT2D eigenvalue weighted by Gasteiger charge is -2.26. The second-order valence-electron chi connectivity index (χ2n) is 11.9. The zero-order valence-corrected chi connectivity index (χ0v) is 27.3. The zero-order valence-electron chi connectivity index (χ0n) is 27.3. The highest BCUT2D eigenvalue weighted by Gasteiger charge is 2.29. The molecule has 0 radical (unpaired) electrons. The predicted molar refractivity (Wildman–Crippen MR) is 174 cm³/mol. The molecule has 4 amide bonds. The number of carbonyl (C=O) groups is 4. The van der Waals surface area contributed by atoms with Crippen molar-refractivity contribution in [3.05, 3.63) is 77.6 Å². The molecule has 2 aromatic carbocycles. The first-order valence-corrected chi connectivity index (χ1v) is 16.0. The van der Waals surface area contributed by atoms with E-state index in [1.165, 1.54) is 7.11 Å². The molecule has 1 aliphatic rings. The summed E-state index contributed by atoms with van der Waals surface area (Å²) in [5.41, 5.74) is 2.31. The normalized spacial score (nSPS) is 18.9. The first-order chi connectivity index (χ1) is 22.7. The number of methoxy groups -OCH3 is 1. The van der Waals surface area contributed by atoms with Crippen LogP contribution in [0.3, 0.4) is 0 Å². The summed E-state index contributed by atoms with van der Waals surface area (Å²) in [6, 6.07) is 14.8. The van der Waals surface area contributed by atoms with Crippen molar-refractivity contribution in [2.45, 2.75) is 58.2 Å². The van der Waals surface area contributed by atoms with Crippen LogP contribution in [0.15, 0.2) is 60.8 Å². The summed E-state index contributed by atoms with van der Waals surface area (Å²) in [5.74, 6) is -0.923. The summed E-state index contributed by atoms with van der Waals surface area (Å²) in [4.78, 5) is 54.9. The van der Waals surface area contributed by atoms with Gasteiger partial charge in [-0.15, -0.1) is 5.10 Å². The number of carbonyl (C=O) groups excluding carboxylic acids is 4. The van der Waals surface area contributed by atoms with Crippen molar-refractivity contribution in [3.63, 3.8) is 0 Å². The van der Waals surface area contributed by atoms with Gasteiger partial charge in [0.25, 0.3) is 0 Å². The van der Waals surface area contributed by atoms with Crippen LogP contribution in [-0.2, 0) is 49.7 Å². The van der Waals surface area contributed by atoms with Gasteiger partial charge >= 0.3 is 0 Å². The van der Waals surface area contributed by atoms with Crippen molar-refractivity contribution in [1.29, 1.82) is 0 Å². The standard InChI is InChI=1S/C34H45N7O6/c1-24(2)32-34(45)36-29(21-25-8-5-4-6-9-25)33(44)35-14-16-40(31(43)13-18-46-3)15-12-27-23-41(39-38-27)17-19-47-28-11-7-10-26(20-28)22-30(42)37-32/h4-11,20,23-24,29,32H,12-19,21-22H2,1-3H3,(H,35,44)(H,36,45)(H,37,42)/t29-,32+/m0/s1. The first-order valence-electron chi connectivity index (χ1n) is 16.0. The van der Waals surface area contributed by atoms with Crippen LogP contribution in [0.1, 0.15) is 37.1 Å². The van der Waals surface area contributed by atoms with Crippen LogP contribution in [0.25, 0.3) is 0 Å². The fourth-order valence-electron chi connectivity index (χ4n) is 5.23. The van der Waals surface area contributed by atoms with Crippen LogP contribution < -0.4 is 20.7 Å². The molecule has 2 atom stereocenters. The third kappa shape index (κ3) is 11.2. The molecule has 13 heteroatoms. The van der Waals surface area contributed by atoms with Gasteiger partial charge in [0.2, 0.25) is 23.6 Å². The smallest absolute Gasteiger partial charge is 0.243 e. The minimum absolute atomic E-state index is 0.0493. The highest BCUT2D eigenvalue weighted by molar-refractivity contribution is 5.92. The number of fused-ring (bicyclic) bond motifs is 4.